The lowest BCUT2D eigenvalue weighted by Crippen LogP contribution is -2.35. The van der Waals surface area contributed by atoms with Gasteiger partial charge in [0.05, 0.1) is 11.0 Å². The van der Waals surface area contributed by atoms with Crippen LogP contribution in [-0.4, -0.2) is 35.0 Å². The molecule has 1 saturated heterocycles. The molecule has 1 atom stereocenters. The number of aryl methyl sites for hydroxylation is 1. The predicted molar refractivity (Wildman–Crippen MR) is 96.9 cm³/mol. The number of hydrogen-bond acceptors (Lipinski definition) is 6. The molecular weight excluding hydrogens is 338 g/mol. The Morgan fingerprint density at radius 2 is 2.12 bits per heavy atom. The zero-order valence-corrected chi connectivity index (χ0v) is 15.3. The SMILES string of the molecule is CC(C)(C)OC(=O)CCc1cc([N+](=O)[O-])ccc1NC(=O)[C@@H]1CCCN1. The van der Waals surface area contributed by atoms with Crippen LogP contribution >= 0.6 is 0 Å². The third-order valence-electron chi connectivity index (χ3n) is 3.95. The Bertz CT molecular complexity index is 691. The van der Waals surface area contributed by atoms with E-state index in [4.69, 9.17) is 4.74 Å². The highest BCUT2D eigenvalue weighted by molar-refractivity contribution is 5.95. The van der Waals surface area contributed by atoms with Crippen LogP contribution in [0.4, 0.5) is 11.4 Å². The second-order valence-electron chi connectivity index (χ2n) is 7.32. The van der Waals surface area contributed by atoms with Gasteiger partial charge in [0.15, 0.2) is 0 Å². The van der Waals surface area contributed by atoms with E-state index in [0.717, 1.165) is 19.4 Å². The van der Waals surface area contributed by atoms with Crippen molar-refractivity contribution < 1.29 is 19.2 Å². The molecule has 142 valence electrons. The number of non-ortho nitro benzene ring substituents is 1. The molecule has 1 amide bonds. The van der Waals surface area contributed by atoms with Crippen molar-refractivity contribution in [1.29, 1.82) is 0 Å². The summed E-state index contributed by atoms with van der Waals surface area (Å²) in [6, 6.07) is 3.98. The molecule has 2 N–H and O–H groups in total. The van der Waals surface area contributed by atoms with Gasteiger partial charge in [-0.1, -0.05) is 0 Å². The summed E-state index contributed by atoms with van der Waals surface area (Å²) in [6.45, 7) is 6.12. The van der Waals surface area contributed by atoms with Gasteiger partial charge in [-0.2, -0.15) is 0 Å². The average molecular weight is 363 g/mol. The number of ether oxygens (including phenoxy) is 1. The number of nitrogens with one attached hydrogen (secondary N) is 2. The molecule has 1 aromatic rings. The average Bonchev–Trinajstić information content (AvgIpc) is 3.06. The van der Waals surface area contributed by atoms with Crippen LogP contribution in [0.1, 0.15) is 45.6 Å². The highest BCUT2D eigenvalue weighted by atomic mass is 16.6. The summed E-state index contributed by atoms with van der Waals surface area (Å²) in [7, 11) is 0. The van der Waals surface area contributed by atoms with Crippen LogP contribution in [0.5, 0.6) is 0 Å². The lowest BCUT2D eigenvalue weighted by atomic mass is 10.1. The number of anilines is 1. The maximum Gasteiger partial charge on any atom is 0.306 e. The summed E-state index contributed by atoms with van der Waals surface area (Å²) in [5.41, 5.74) is 0.348. The van der Waals surface area contributed by atoms with Crippen LogP contribution in [0.2, 0.25) is 0 Å². The largest absolute Gasteiger partial charge is 0.460 e. The first-order valence-electron chi connectivity index (χ1n) is 8.69. The van der Waals surface area contributed by atoms with E-state index in [9.17, 15) is 19.7 Å². The Balaban J connectivity index is 2.12. The van der Waals surface area contributed by atoms with Gasteiger partial charge in [-0.25, -0.2) is 0 Å². The zero-order chi connectivity index (χ0) is 19.3. The summed E-state index contributed by atoms with van der Waals surface area (Å²) in [4.78, 5) is 34.8. The van der Waals surface area contributed by atoms with Crippen molar-refractivity contribution >= 4 is 23.3 Å². The Labute approximate surface area is 152 Å². The number of amides is 1. The topological polar surface area (TPSA) is 111 Å². The third-order valence-corrected chi connectivity index (χ3v) is 3.95. The number of carbonyl (C=O) groups excluding carboxylic acids is 2. The molecule has 2 rings (SSSR count). The van der Waals surface area contributed by atoms with Crippen molar-refractivity contribution in [3.8, 4) is 0 Å². The first-order chi connectivity index (χ1) is 12.2. The monoisotopic (exact) mass is 363 g/mol. The molecule has 1 aromatic carbocycles. The number of rotatable bonds is 6. The lowest BCUT2D eigenvalue weighted by molar-refractivity contribution is -0.384. The van der Waals surface area contributed by atoms with E-state index in [1.54, 1.807) is 20.8 Å². The number of carbonyl (C=O) groups is 2. The van der Waals surface area contributed by atoms with E-state index in [0.29, 0.717) is 11.3 Å². The minimum absolute atomic E-state index is 0.0724. The Hall–Kier alpha value is -2.48. The maximum absolute atomic E-state index is 12.3. The standard InChI is InChI=1S/C18H25N3O5/c1-18(2,3)26-16(22)9-6-12-11-13(21(24)25)7-8-14(12)20-17(23)15-5-4-10-19-15/h7-8,11,15,19H,4-6,9-10H2,1-3H3,(H,20,23)/t15-/m0/s1. The van der Waals surface area contributed by atoms with Crippen molar-refractivity contribution in [2.24, 2.45) is 0 Å². The second-order valence-corrected chi connectivity index (χ2v) is 7.32. The van der Waals surface area contributed by atoms with E-state index < -0.39 is 16.5 Å². The highest BCUT2D eigenvalue weighted by Gasteiger charge is 2.23. The van der Waals surface area contributed by atoms with E-state index in [1.807, 2.05) is 0 Å². The van der Waals surface area contributed by atoms with Crippen LogP contribution in [0.3, 0.4) is 0 Å². The van der Waals surface area contributed by atoms with Gasteiger partial charge >= 0.3 is 5.97 Å². The van der Waals surface area contributed by atoms with Crippen molar-refractivity contribution in [3.05, 3.63) is 33.9 Å². The fourth-order valence-electron chi connectivity index (χ4n) is 2.78. The molecule has 1 heterocycles. The van der Waals surface area contributed by atoms with Gasteiger partial charge < -0.3 is 15.4 Å². The summed E-state index contributed by atoms with van der Waals surface area (Å²) >= 11 is 0. The van der Waals surface area contributed by atoms with Gasteiger partial charge in [-0.3, -0.25) is 19.7 Å². The van der Waals surface area contributed by atoms with Crippen LogP contribution < -0.4 is 10.6 Å². The molecule has 0 saturated carbocycles. The fourth-order valence-corrected chi connectivity index (χ4v) is 2.78. The molecule has 26 heavy (non-hydrogen) atoms. The number of nitro groups is 1. The Morgan fingerprint density at radius 1 is 1.38 bits per heavy atom. The molecule has 0 aromatic heterocycles. The molecule has 1 aliphatic heterocycles. The normalized spacial score (nSPS) is 17.0. The Kier molecular flexibility index (Phi) is 6.31. The summed E-state index contributed by atoms with van der Waals surface area (Å²) < 4.78 is 5.27. The molecular formula is C18H25N3O5. The molecule has 0 bridgehead atoms. The second kappa shape index (κ2) is 8.27. The molecule has 0 radical (unpaired) electrons. The van der Waals surface area contributed by atoms with Crippen molar-refractivity contribution in [1.82, 2.24) is 5.32 Å². The molecule has 1 fully saturated rings. The predicted octanol–water partition coefficient (Wildman–Crippen LogP) is 2.56. The van der Waals surface area contributed by atoms with Crippen LogP contribution in [-0.2, 0) is 20.7 Å². The fraction of sp³-hybridized carbons (Fsp3) is 0.556. The minimum atomic E-state index is -0.592. The number of nitrogens with zero attached hydrogens (tertiary/aromatic N) is 1. The molecule has 8 nitrogen and oxygen atoms in total. The van der Waals surface area contributed by atoms with Gasteiger partial charge in [0, 0.05) is 24.2 Å². The van der Waals surface area contributed by atoms with Crippen LogP contribution in [0.25, 0.3) is 0 Å². The maximum atomic E-state index is 12.3. The first kappa shape index (κ1) is 19.8. The highest BCUT2D eigenvalue weighted by Crippen LogP contribution is 2.24. The van der Waals surface area contributed by atoms with Crippen LogP contribution in [0, 0.1) is 10.1 Å². The van der Waals surface area contributed by atoms with E-state index in [1.165, 1.54) is 18.2 Å². The number of hydrogen-bond donors (Lipinski definition) is 2. The molecule has 0 aliphatic carbocycles. The smallest absolute Gasteiger partial charge is 0.306 e. The number of benzene rings is 1. The van der Waals surface area contributed by atoms with Gasteiger partial charge in [0.25, 0.3) is 5.69 Å². The minimum Gasteiger partial charge on any atom is -0.460 e. The quantitative estimate of drug-likeness (QED) is 0.456. The van der Waals surface area contributed by atoms with Crippen molar-refractivity contribution in [3.63, 3.8) is 0 Å². The third kappa shape index (κ3) is 5.80. The summed E-state index contributed by atoms with van der Waals surface area (Å²) in [6.07, 6.45) is 2.00. The number of nitro benzene ring substituents is 1. The van der Waals surface area contributed by atoms with Crippen molar-refractivity contribution in [2.75, 3.05) is 11.9 Å². The molecule has 0 unspecified atom stereocenters. The van der Waals surface area contributed by atoms with E-state index in [2.05, 4.69) is 10.6 Å². The van der Waals surface area contributed by atoms with Gasteiger partial charge in [-0.15, -0.1) is 0 Å². The van der Waals surface area contributed by atoms with Gasteiger partial charge in [0.2, 0.25) is 5.91 Å². The molecule has 1 aliphatic rings. The lowest BCUT2D eigenvalue weighted by Gasteiger charge is -2.19. The van der Waals surface area contributed by atoms with E-state index >= 15 is 0 Å². The van der Waals surface area contributed by atoms with Gasteiger partial charge in [-0.05, 0) is 58.2 Å². The van der Waals surface area contributed by atoms with Crippen LogP contribution in [0.15, 0.2) is 18.2 Å². The number of esters is 1. The van der Waals surface area contributed by atoms with E-state index in [-0.39, 0.29) is 30.5 Å². The zero-order valence-electron chi connectivity index (χ0n) is 15.3. The van der Waals surface area contributed by atoms with Gasteiger partial charge in [0.1, 0.15) is 5.60 Å². The van der Waals surface area contributed by atoms with Crippen molar-refractivity contribution in [2.45, 2.75) is 58.1 Å². The Morgan fingerprint density at radius 3 is 2.69 bits per heavy atom. The summed E-state index contributed by atoms with van der Waals surface area (Å²) in [5, 5.41) is 17.0. The first-order valence-corrected chi connectivity index (χ1v) is 8.69. The molecule has 8 heteroatoms. The summed E-state index contributed by atoms with van der Waals surface area (Å²) in [5.74, 6) is -0.561. The molecule has 0 spiro atoms.